The Balaban J connectivity index is 1.30. The number of rotatable bonds is 12. The minimum Gasteiger partial charge on any atom is -0.497 e. The van der Waals surface area contributed by atoms with Gasteiger partial charge in [0.05, 0.1) is 34.5 Å². The summed E-state index contributed by atoms with van der Waals surface area (Å²) in [5.74, 6) is 2.54. The van der Waals surface area contributed by atoms with Crippen molar-refractivity contribution in [2.75, 3.05) is 34.5 Å². The van der Waals surface area contributed by atoms with E-state index in [1.165, 1.54) is 0 Å². The Morgan fingerprint density at radius 3 is 2.39 bits per heavy atom. The maximum Gasteiger partial charge on any atom is 0.251 e. The summed E-state index contributed by atoms with van der Waals surface area (Å²) < 4.78 is 28.2. The predicted molar refractivity (Wildman–Crippen MR) is 147 cm³/mol. The molecule has 9 heteroatoms. The summed E-state index contributed by atoms with van der Waals surface area (Å²) in [4.78, 5) is 17.8. The SMILES string of the molecule is COc1ccc(COCCOc2ccc(C(=O)N[C@@H]3CCCC3c3ccc(OC)c(Br)n3)cc2OC)cc1. The number of pyridine rings is 1. The van der Waals surface area contributed by atoms with Gasteiger partial charge < -0.3 is 29.0 Å². The number of ether oxygens (including phenoxy) is 5. The molecule has 1 unspecified atom stereocenters. The number of nitrogens with one attached hydrogen (secondary N) is 1. The molecule has 0 bridgehead atoms. The van der Waals surface area contributed by atoms with E-state index in [2.05, 4.69) is 26.2 Å². The zero-order valence-electron chi connectivity index (χ0n) is 21.9. The van der Waals surface area contributed by atoms with Crippen LogP contribution in [0.3, 0.4) is 0 Å². The van der Waals surface area contributed by atoms with Gasteiger partial charge in [-0.2, -0.15) is 0 Å². The molecule has 1 aliphatic rings. The van der Waals surface area contributed by atoms with E-state index >= 15 is 0 Å². The first-order chi connectivity index (χ1) is 18.5. The van der Waals surface area contributed by atoms with Gasteiger partial charge in [-0.05, 0) is 76.8 Å². The normalized spacial score (nSPS) is 16.6. The van der Waals surface area contributed by atoms with E-state index < -0.39 is 0 Å². The van der Waals surface area contributed by atoms with Crippen LogP contribution in [0.25, 0.3) is 0 Å². The molecule has 1 amide bonds. The molecule has 0 spiro atoms. The van der Waals surface area contributed by atoms with Crippen molar-refractivity contribution in [2.24, 2.45) is 0 Å². The first-order valence-corrected chi connectivity index (χ1v) is 13.3. The summed E-state index contributed by atoms with van der Waals surface area (Å²) in [7, 11) is 4.81. The van der Waals surface area contributed by atoms with Gasteiger partial charge in [0, 0.05) is 23.2 Å². The largest absolute Gasteiger partial charge is 0.497 e. The minimum atomic E-state index is -0.151. The molecule has 0 radical (unpaired) electrons. The molecule has 38 heavy (non-hydrogen) atoms. The maximum atomic E-state index is 13.1. The highest BCUT2D eigenvalue weighted by Gasteiger charge is 2.31. The van der Waals surface area contributed by atoms with Gasteiger partial charge >= 0.3 is 0 Å². The predicted octanol–water partition coefficient (Wildman–Crippen LogP) is 5.53. The van der Waals surface area contributed by atoms with Gasteiger partial charge in [-0.1, -0.05) is 18.6 Å². The van der Waals surface area contributed by atoms with Gasteiger partial charge in [-0.3, -0.25) is 4.79 Å². The van der Waals surface area contributed by atoms with Crippen LogP contribution in [0.15, 0.2) is 59.2 Å². The smallest absolute Gasteiger partial charge is 0.251 e. The Morgan fingerprint density at radius 2 is 1.68 bits per heavy atom. The lowest BCUT2D eigenvalue weighted by Crippen LogP contribution is -2.36. The molecule has 2 atom stereocenters. The number of aromatic nitrogens is 1. The molecule has 1 heterocycles. The molecule has 1 N–H and O–H groups in total. The maximum absolute atomic E-state index is 13.1. The fraction of sp³-hybridized carbons (Fsp3) is 0.379. The van der Waals surface area contributed by atoms with E-state index in [0.29, 0.717) is 47.2 Å². The molecule has 1 fully saturated rings. The summed E-state index contributed by atoms with van der Waals surface area (Å²) >= 11 is 3.47. The quantitative estimate of drug-likeness (QED) is 0.221. The Kier molecular flexibility index (Phi) is 9.84. The third kappa shape index (κ3) is 6.96. The molecular weight excluding hydrogens is 552 g/mol. The van der Waals surface area contributed by atoms with Gasteiger partial charge in [-0.15, -0.1) is 0 Å². The highest BCUT2D eigenvalue weighted by atomic mass is 79.9. The molecule has 4 rings (SSSR count). The summed E-state index contributed by atoms with van der Waals surface area (Å²) in [6, 6.07) is 16.8. The zero-order chi connectivity index (χ0) is 26.9. The number of hydrogen-bond acceptors (Lipinski definition) is 7. The van der Waals surface area contributed by atoms with E-state index in [4.69, 9.17) is 23.7 Å². The summed E-state index contributed by atoms with van der Waals surface area (Å²) in [6.07, 6.45) is 2.89. The standard InChI is InChI=1S/C29H33BrN2O6/c1-34-21-10-7-19(8-11-21)18-37-15-16-38-25-13-9-20(17-27(25)36-3)29(33)32-23-6-4-5-22(23)24-12-14-26(35-2)28(30)31-24/h7-14,17,22-23H,4-6,15-16,18H2,1-3H3,(H,32,33)/t22?,23-/m1/s1. The summed E-state index contributed by atoms with van der Waals surface area (Å²) in [5, 5.41) is 3.20. The molecule has 1 saturated carbocycles. The fourth-order valence-electron chi connectivity index (χ4n) is 4.58. The second-order valence-electron chi connectivity index (χ2n) is 8.96. The van der Waals surface area contributed by atoms with Crippen LogP contribution < -0.4 is 24.3 Å². The van der Waals surface area contributed by atoms with Gasteiger partial charge in [0.25, 0.3) is 5.91 Å². The minimum absolute atomic E-state index is 0.0000619. The van der Waals surface area contributed by atoms with Gasteiger partial charge in [-0.25, -0.2) is 4.98 Å². The number of carbonyl (C=O) groups excluding carboxylic acids is 1. The van der Waals surface area contributed by atoms with E-state index in [-0.39, 0.29) is 17.9 Å². The van der Waals surface area contributed by atoms with Crippen molar-refractivity contribution in [3.8, 4) is 23.0 Å². The lowest BCUT2D eigenvalue weighted by molar-refractivity contribution is 0.0878. The monoisotopic (exact) mass is 584 g/mol. The zero-order valence-corrected chi connectivity index (χ0v) is 23.5. The first-order valence-electron chi connectivity index (χ1n) is 12.5. The van der Waals surface area contributed by atoms with Crippen LogP contribution in [0.2, 0.25) is 0 Å². The van der Waals surface area contributed by atoms with Crippen molar-refractivity contribution in [1.82, 2.24) is 10.3 Å². The second-order valence-corrected chi connectivity index (χ2v) is 9.71. The molecule has 1 aliphatic carbocycles. The van der Waals surface area contributed by atoms with E-state index in [1.54, 1.807) is 39.5 Å². The van der Waals surface area contributed by atoms with Crippen LogP contribution in [0.1, 0.15) is 46.8 Å². The van der Waals surface area contributed by atoms with Crippen LogP contribution in [0.4, 0.5) is 0 Å². The average Bonchev–Trinajstić information content (AvgIpc) is 3.41. The number of carbonyl (C=O) groups is 1. The lowest BCUT2D eigenvalue weighted by atomic mass is 9.98. The van der Waals surface area contributed by atoms with Crippen molar-refractivity contribution in [2.45, 2.75) is 37.8 Å². The van der Waals surface area contributed by atoms with Crippen molar-refractivity contribution in [1.29, 1.82) is 0 Å². The Morgan fingerprint density at radius 1 is 0.921 bits per heavy atom. The highest BCUT2D eigenvalue weighted by Crippen LogP contribution is 2.36. The topological polar surface area (TPSA) is 88.1 Å². The Labute approximate surface area is 231 Å². The second kappa shape index (κ2) is 13.5. The molecule has 3 aromatic rings. The van der Waals surface area contributed by atoms with Crippen molar-refractivity contribution in [3.05, 3.63) is 76.0 Å². The molecule has 8 nitrogen and oxygen atoms in total. The lowest BCUT2D eigenvalue weighted by Gasteiger charge is -2.21. The number of methoxy groups -OCH3 is 3. The summed E-state index contributed by atoms with van der Waals surface area (Å²) in [6.45, 7) is 1.25. The third-order valence-corrected chi connectivity index (χ3v) is 7.18. The van der Waals surface area contributed by atoms with E-state index in [0.717, 1.165) is 36.3 Å². The molecule has 2 aromatic carbocycles. The van der Waals surface area contributed by atoms with Crippen molar-refractivity contribution >= 4 is 21.8 Å². The fourth-order valence-corrected chi connectivity index (χ4v) is 5.08. The van der Waals surface area contributed by atoms with Crippen molar-refractivity contribution < 1.29 is 28.5 Å². The van der Waals surface area contributed by atoms with Crippen molar-refractivity contribution in [3.63, 3.8) is 0 Å². The molecule has 0 aliphatic heterocycles. The first kappa shape index (κ1) is 27.7. The summed E-state index contributed by atoms with van der Waals surface area (Å²) in [5.41, 5.74) is 2.51. The van der Waals surface area contributed by atoms with Gasteiger partial charge in [0.15, 0.2) is 17.2 Å². The highest BCUT2D eigenvalue weighted by molar-refractivity contribution is 9.10. The van der Waals surface area contributed by atoms with Crippen LogP contribution in [0.5, 0.6) is 23.0 Å². The number of nitrogens with zero attached hydrogens (tertiary/aromatic N) is 1. The van der Waals surface area contributed by atoms with E-state index in [1.807, 2.05) is 36.4 Å². The number of amides is 1. The van der Waals surface area contributed by atoms with Crippen LogP contribution >= 0.6 is 15.9 Å². The number of halogens is 1. The van der Waals surface area contributed by atoms with E-state index in [9.17, 15) is 4.79 Å². The van der Waals surface area contributed by atoms with Crippen LogP contribution in [-0.4, -0.2) is 51.5 Å². The third-order valence-electron chi connectivity index (χ3n) is 6.61. The molecular formula is C29H33BrN2O6. The number of benzene rings is 2. The van der Waals surface area contributed by atoms with Crippen LogP contribution in [0, 0.1) is 0 Å². The molecule has 1 aromatic heterocycles. The Bertz CT molecular complexity index is 1220. The molecule has 202 valence electrons. The average molecular weight is 585 g/mol. The Hall–Kier alpha value is -3.30. The van der Waals surface area contributed by atoms with Gasteiger partial charge in [0.1, 0.15) is 17.0 Å². The van der Waals surface area contributed by atoms with Crippen LogP contribution in [-0.2, 0) is 11.3 Å². The van der Waals surface area contributed by atoms with Gasteiger partial charge in [0.2, 0.25) is 0 Å². The molecule has 0 saturated heterocycles. The number of hydrogen-bond donors (Lipinski definition) is 1.